The molecule has 0 radical (unpaired) electrons. The molecule has 0 saturated heterocycles. The number of hydrogen-bond donors (Lipinski definition) is 2. The van der Waals surface area contributed by atoms with Gasteiger partial charge in [0.05, 0.1) is 37.6 Å². The third-order valence-electron chi connectivity index (χ3n) is 6.33. The standard InChI is InChI=1S/C28H38O6/c1-4-5-6-7-22-8-10-23(11-9-22)24-12-14-25(15-13-24)26(18-33-27(31)20(2)16-29)19-34-28(32)21(3)17-30/h8-12,25-26,29-30H,2-7,13-19H2,1H3. The van der Waals surface area contributed by atoms with Crippen LogP contribution in [-0.4, -0.2) is 48.6 Å². The molecule has 0 aromatic heterocycles. The first kappa shape index (κ1) is 27.5. The van der Waals surface area contributed by atoms with Crippen molar-refractivity contribution in [2.24, 2.45) is 11.8 Å². The van der Waals surface area contributed by atoms with Crippen LogP contribution in [0.4, 0.5) is 0 Å². The largest absolute Gasteiger partial charge is 0.462 e. The average molecular weight is 471 g/mol. The second-order valence-electron chi connectivity index (χ2n) is 8.90. The van der Waals surface area contributed by atoms with Crippen LogP contribution in [-0.2, 0) is 25.5 Å². The van der Waals surface area contributed by atoms with Crippen LogP contribution in [0.3, 0.4) is 0 Å². The highest BCUT2D eigenvalue weighted by Crippen LogP contribution is 2.34. The van der Waals surface area contributed by atoms with Crippen molar-refractivity contribution in [3.05, 3.63) is 65.8 Å². The second-order valence-corrected chi connectivity index (χ2v) is 8.90. The fourth-order valence-electron chi connectivity index (χ4n) is 4.03. The number of esters is 2. The summed E-state index contributed by atoms with van der Waals surface area (Å²) >= 11 is 0. The number of aliphatic hydroxyl groups excluding tert-OH is 2. The van der Waals surface area contributed by atoms with Gasteiger partial charge in [0.2, 0.25) is 0 Å². The van der Waals surface area contributed by atoms with Gasteiger partial charge in [0.25, 0.3) is 0 Å². The van der Waals surface area contributed by atoms with Crippen molar-refractivity contribution in [2.75, 3.05) is 26.4 Å². The Morgan fingerprint density at radius 2 is 1.59 bits per heavy atom. The highest BCUT2D eigenvalue weighted by Gasteiger charge is 2.27. The lowest BCUT2D eigenvalue weighted by Gasteiger charge is -2.29. The van der Waals surface area contributed by atoms with Crippen molar-refractivity contribution in [1.82, 2.24) is 0 Å². The minimum Gasteiger partial charge on any atom is -0.462 e. The molecule has 34 heavy (non-hydrogen) atoms. The number of aliphatic hydroxyl groups is 2. The fourth-order valence-corrected chi connectivity index (χ4v) is 4.03. The summed E-state index contributed by atoms with van der Waals surface area (Å²) in [6, 6.07) is 8.80. The first-order valence-corrected chi connectivity index (χ1v) is 12.1. The van der Waals surface area contributed by atoms with Crippen molar-refractivity contribution in [1.29, 1.82) is 0 Å². The number of hydrogen-bond acceptors (Lipinski definition) is 6. The Morgan fingerprint density at radius 3 is 2.06 bits per heavy atom. The van der Waals surface area contributed by atoms with Gasteiger partial charge in [-0.3, -0.25) is 0 Å². The van der Waals surface area contributed by atoms with Gasteiger partial charge in [-0.1, -0.05) is 63.3 Å². The summed E-state index contributed by atoms with van der Waals surface area (Å²) in [4.78, 5) is 23.9. The zero-order valence-corrected chi connectivity index (χ0v) is 20.3. The molecule has 2 N–H and O–H groups in total. The number of carbonyl (C=O) groups excluding carboxylic acids is 2. The van der Waals surface area contributed by atoms with Crippen LogP contribution in [0.2, 0.25) is 0 Å². The summed E-state index contributed by atoms with van der Waals surface area (Å²) in [6.07, 6.45) is 9.54. The third kappa shape index (κ3) is 8.58. The Balaban J connectivity index is 2.01. The summed E-state index contributed by atoms with van der Waals surface area (Å²) < 4.78 is 10.6. The number of benzene rings is 1. The molecular formula is C28H38O6. The molecule has 0 spiro atoms. The van der Waals surface area contributed by atoms with E-state index in [-0.39, 0.29) is 36.2 Å². The Morgan fingerprint density at radius 1 is 1.00 bits per heavy atom. The Bertz CT molecular complexity index is 835. The van der Waals surface area contributed by atoms with Crippen LogP contribution in [0.15, 0.2) is 54.6 Å². The highest BCUT2D eigenvalue weighted by atomic mass is 16.5. The Hall–Kier alpha value is -2.70. The molecule has 0 saturated carbocycles. The van der Waals surface area contributed by atoms with Crippen LogP contribution in [0, 0.1) is 11.8 Å². The molecule has 1 unspecified atom stereocenters. The van der Waals surface area contributed by atoms with E-state index in [9.17, 15) is 9.59 Å². The summed E-state index contributed by atoms with van der Waals surface area (Å²) in [7, 11) is 0. The topological polar surface area (TPSA) is 93.1 Å². The molecule has 0 amide bonds. The van der Waals surface area contributed by atoms with E-state index in [1.807, 2.05) is 0 Å². The van der Waals surface area contributed by atoms with Gasteiger partial charge < -0.3 is 19.7 Å². The van der Waals surface area contributed by atoms with Crippen molar-refractivity contribution in [2.45, 2.75) is 51.9 Å². The molecular weight excluding hydrogens is 432 g/mol. The van der Waals surface area contributed by atoms with Crippen molar-refractivity contribution in [3.63, 3.8) is 0 Å². The van der Waals surface area contributed by atoms with E-state index in [2.05, 4.69) is 50.4 Å². The van der Waals surface area contributed by atoms with Gasteiger partial charge in [-0.2, -0.15) is 0 Å². The van der Waals surface area contributed by atoms with Gasteiger partial charge >= 0.3 is 11.9 Å². The SMILES string of the molecule is C=C(CO)C(=O)OCC(COC(=O)C(=C)CO)C1CC=C(c2ccc(CCCCC)cc2)CC1. The summed E-state index contributed by atoms with van der Waals surface area (Å²) in [5.41, 5.74) is 3.85. The van der Waals surface area contributed by atoms with Gasteiger partial charge in [-0.25, -0.2) is 9.59 Å². The van der Waals surface area contributed by atoms with E-state index in [1.54, 1.807) is 0 Å². The van der Waals surface area contributed by atoms with Crippen LogP contribution in [0.25, 0.3) is 5.57 Å². The number of allylic oxidation sites excluding steroid dienone is 2. The van der Waals surface area contributed by atoms with Gasteiger partial charge in [-0.05, 0) is 54.7 Å². The maximum atomic E-state index is 12.0. The first-order chi connectivity index (χ1) is 16.4. The lowest BCUT2D eigenvalue weighted by Crippen LogP contribution is -2.29. The van der Waals surface area contributed by atoms with E-state index in [4.69, 9.17) is 19.7 Å². The van der Waals surface area contributed by atoms with E-state index in [0.717, 1.165) is 25.7 Å². The summed E-state index contributed by atoms with van der Waals surface area (Å²) in [5.74, 6) is -1.39. The smallest absolute Gasteiger partial charge is 0.335 e. The minimum absolute atomic E-state index is 0.0200. The van der Waals surface area contributed by atoms with Gasteiger partial charge in [-0.15, -0.1) is 0 Å². The highest BCUT2D eigenvalue weighted by molar-refractivity contribution is 5.88. The quantitative estimate of drug-likeness (QED) is 0.238. The van der Waals surface area contributed by atoms with E-state index >= 15 is 0 Å². The first-order valence-electron chi connectivity index (χ1n) is 12.1. The molecule has 1 aromatic carbocycles. The molecule has 0 heterocycles. The molecule has 1 aliphatic rings. The second kappa shape index (κ2) is 14.5. The van der Waals surface area contributed by atoms with E-state index in [0.29, 0.717) is 0 Å². The van der Waals surface area contributed by atoms with E-state index < -0.39 is 25.2 Å². The maximum Gasteiger partial charge on any atom is 0.335 e. The molecule has 1 aliphatic carbocycles. The summed E-state index contributed by atoms with van der Waals surface area (Å²) in [5, 5.41) is 18.2. The van der Waals surface area contributed by atoms with Crippen LogP contribution in [0.1, 0.15) is 56.6 Å². The Labute approximate surface area is 203 Å². The van der Waals surface area contributed by atoms with Gasteiger partial charge in [0.1, 0.15) is 0 Å². The molecule has 2 rings (SSSR count). The maximum absolute atomic E-state index is 12.0. The fraction of sp³-hybridized carbons (Fsp3) is 0.500. The molecule has 6 nitrogen and oxygen atoms in total. The predicted octanol–water partition coefficient (Wildman–Crippen LogP) is 4.40. The van der Waals surface area contributed by atoms with Crippen LogP contribution in [0.5, 0.6) is 0 Å². The summed E-state index contributed by atoms with van der Waals surface area (Å²) in [6.45, 7) is 8.34. The van der Waals surface area contributed by atoms with Crippen molar-refractivity contribution >= 4 is 17.5 Å². The molecule has 186 valence electrons. The molecule has 0 bridgehead atoms. The molecule has 0 aliphatic heterocycles. The Kier molecular flexibility index (Phi) is 11.8. The zero-order valence-electron chi connectivity index (χ0n) is 20.3. The average Bonchev–Trinajstić information content (AvgIpc) is 2.88. The van der Waals surface area contributed by atoms with Crippen LogP contribution < -0.4 is 0 Å². The number of ether oxygens (including phenoxy) is 2. The number of unbranched alkanes of at least 4 members (excludes halogenated alkanes) is 2. The molecule has 1 aromatic rings. The minimum atomic E-state index is -0.662. The van der Waals surface area contributed by atoms with Gasteiger partial charge in [0.15, 0.2) is 0 Å². The number of aryl methyl sites for hydroxylation is 1. The van der Waals surface area contributed by atoms with E-state index in [1.165, 1.54) is 36.0 Å². The number of carbonyl (C=O) groups is 2. The predicted molar refractivity (Wildman–Crippen MR) is 133 cm³/mol. The third-order valence-corrected chi connectivity index (χ3v) is 6.33. The monoisotopic (exact) mass is 470 g/mol. The molecule has 6 heteroatoms. The van der Waals surface area contributed by atoms with Crippen LogP contribution >= 0.6 is 0 Å². The lowest BCUT2D eigenvalue weighted by atomic mass is 9.79. The van der Waals surface area contributed by atoms with Gasteiger partial charge in [0, 0.05) is 5.92 Å². The molecule has 0 fully saturated rings. The van der Waals surface area contributed by atoms with Crippen molar-refractivity contribution < 1.29 is 29.3 Å². The lowest BCUT2D eigenvalue weighted by molar-refractivity contribution is -0.146. The normalized spacial score (nSPS) is 15.5. The van der Waals surface area contributed by atoms with Crippen molar-refractivity contribution in [3.8, 4) is 0 Å². The number of rotatable bonds is 14. The zero-order chi connectivity index (χ0) is 24.9. The molecule has 1 atom stereocenters.